The minimum Gasteiger partial charge on any atom is -1.00 e. The summed E-state index contributed by atoms with van der Waals surface area (Å²) in [5.74, 6) is -0.210. The molecule has 0 saturated carbocycles. The summed E-state index contributed by atoms with van der Waals surface area (Å²) >= 11 is 1.16. The van der Waals surface area contributed by atoms with E-state index in [0.717, 1.165) is 24.7 Å². The second-order valence-corrected chi connectivity index (χ2v) is 5.16. The van der Waals surface area contributed by atoms with Gasteiger partial charge in [-0.15, -0.1) is 0 Å². The van der Waals surface area contributed by atoms with Gasteiger partial charge in [0.15, 0.2) is 0 Å². The number of halogens is 1. The molecular formula is C11H13ClO2Zn. The molecule has 1 unspecified atom stereocenters. The van der Waals surface area contributed by atoms with E-state index in [9.17, 15) is 4.79 Å². The Bertz CT molecular complexity index is 328. The fourth-order valence-electron chi connectivity index (χ4n) is 1.41. The van der Waals surface area contributed by atoms with Crippen molar-refractivity contribution in [1.29, 1.82) is 0 Å². The van der Waals surface area contributed by atoms with Crippen LogP contribution in [0.25, 0.3) is 0 Å². The molecule has 0 aliphatic carbocycles. The number of ether oxygens (including phenoxy) is 1. The maximum absolute atomic E-state index is 10.7. The second-order valence-electron chi connectivity index (χ2n) is 3.44. The smallest absolute Gasteiger partial charge is 1.00 e. The number of esters is 1. The van der Waals surface area contributed by atoms with Gasteiger partial charge in [-0.1, -0.05) is 0 Å². The van der Waals surface area contributed by atoms with Crippen LogP contribution in [-0.2, 0) is 34.3 Å². The van der Waals surface area contributed by atoms with Crippen LogP contribution in [0.5, 0.6) is 0 Å². The van der Waals surface area contributed by atoms with Crippen molar-refractivity contribution < 1.29 is 40.2 Å². The molecular weight excluding hydrogens is 265 g/mol. The molecule has 0 radical (unpaired) electrons. The first-order valence-corrected chi connectivity index (χ1v) is 6.14. The Hall–Kier alpha value is -0.397. The quantitative estimate of drug-likeness (QED) is 0.489. The van der Waals surface area contributed by atoms with Gasteiger partial charge in [0.2, 0.25) is 0 Å². The fourth-order valence-corrected chi connectivity index (χ4v) is 2.25. The van der Waals surface area contributed by atoms with Gasteiger partial charge >= 0.3 is 94.2 Å². The number of rotatable bonds is 3. The molecule has 1 aromatic rings. The van der Waals surface area contributed by atoms with Gasteiger partial charge in [0.1, 0.15) is 0 Å². The molecule has 4 heteroatoms. The Kier molecular flexibility index (Phi) is 6.79. The van der Waals surface area contributed by atoms with E-state index in [-0.39, 0.29) is 24.5 Å². The molecule has 0 fully saturated rings. The minimum absolute atomic E-state index is 0. The first-order chi connectivity index (χ1) is 6.58. The van der Waals surface area contributed by atoms with Crippen molar-refractivity contribution in [2.75, 3.05) is 0 Å². The molecule has 0 aliphatic heterocycles. The van der Waals surface area contributed by atoms with Crippen molar-refractivity contribution in [2.24, 2.45) is 0 Å². The van der Waals surface area contributed by atoms with E-state index < -0.39 is 0 Å². The summed E-state index contributed by atoms with van der Waals surface area (Å²) in [4.78, 5) is 10.7. The van der Waals surface area contributed by atoms with Crippen molar-refractivity contribution in [1.82, 2.24) is 0 Å². The van der Waals surface area contributed by atoms with Crippen LogP contribution in [0.3, 0.4) is 0 Å². The minimum atomic E-state index is -0.210. The molecule has 2 nitrogen and oxygen atoms in total. The summed E-state index contributed by atoms with van der Waals surface area (Å²) < 4.78 is 6.42. The first kappa shape index (κ1) is 14.6. The Morgan fingerprint density at radius 2 is 2.20 bits per heavy atom. The summed E-state index contributed by atoms with van der Waals surface area (Å²) in [5.41, 5.74) is 1.24. The summed E-state index contributed by atoms with van der Waals surface area (Å²) in [5, 5.41) is 0. The predicted octanol–water partition coefficient (Wildman–Crippen LogP) is -1.64. The van der Waals surface area contributed by atoms with Gasteiger partial charge in [0.05, 0.1) is 0 Å². The maximum Gasteiger partial charge on any atom is -1.00 e. The molecule has 1 rings (SSSR count). The van der Waals surface area contributed by atoms with Crippen molar-refractivity contribution in [3.63, 3.8) is 0 Å². The second kappa shape index (κ2) is 6.97. The van der Waals surface area contributed by atoms with E-state index in [1.54, 1.807) is 0 Å². The number of carbonyl (C=O) groups excluding carboxylic acids is 1. The number of benzene rings is 1. The standard InChI is InChI=1S/C11H13O2.ClH.Zn/c1-9(13-10(2)12)8-11-6-4-3-5-7-11;;/h3-4,6-7,9H,8H2,1-2H3;1H;/q;;+1/p-1. The third-order valence-corrected chi connectivity index (χ3v) is 2.80. The van der Waals surface area contributed by atoms with Crippen molar-refractivity contribution >= 4 is 10.1 Å². The summed E-state index contributed by atoms with van der Waals surface area (Å²) in [6.45, 7) is 3.36. The zero-order chi connectivity index (χ0) is 10.6. The molecule has 0 aromatic heterocycles. The van der Waals surface area contributed by atoms with Crippen molar-refractivity contribution in [3.05, 3.63) is 29.8 Å². The normalized spacial score (nSPS) is 11.5. The fraction of sp³-hybridized carbons (Fsp3) is 0.364. The number of carbonyl (C=O) groups is 1. The Morgan fingerprint density at radius 3 is 2.73 bits per heavy atom. The third-order valence-electron chi connectivity index (χ3n) is 1.88. The molecule has 1 aromatic carbocycles. The van der Waals surface area contributed by atoms with Crippen LogP contribution in [0.4, 0.5) is 0 Å². The molecule has 15 heavy (non-hydrogen) atoms. The van der Waals surface area contributed by atoms with Gasteiger partial charge in [-0.3, -0.25) is 0 Å². The van der Waals surface area contributed by atoms with Crippen LogP contribution >= 0.6 is 0 Å². The van der Waals surface area contributed by atoms with Gasteiger partial charge in [-0.2, -0.15) is 0 Å². The average molecular weight is 278 g/mol. The van der Waals surface area contributed by atoms with Crippen LogP contribution in [0, 0.1) is 0 Å². The average Bonchev–Trinajstić information content (AvgIpc) is 2.01. The molecule has 0 saturated heterocycles. The van der Waals surface area contributed by atoms with Crippen molar-refractivity contribution in [2.45, 2.75) is 26.4 Å². The van der Waals surface area contributed by atoms with Crippen LogP contribution in [-0.4, -0.2) is 12.1 Å². The van der Waals surface area contributed by atoms with Gasteiger partial charge in [-0.25, -0.2) is 0 Å². The Morgan fingerprint density at radius 1 is 1.53 bits per heavy atom. The van der Waals surface area contributed by atoms with Gasteiger partial charge < -0.3 is 12.4 Å². The van der Waals surface area contributed by atoms with Gasteiger partial charge in [0.25, 0.3) is 0 Å². The molecule has 0 amide bonds. The Labute approximate surface area is 106 Å². The largest absolute Gasteiger partial charge is 1.00 e. The summed E-state index contributed by atoms with van der Waals surface area (Å²) in [7, 11) is 0. The zero-order valence-electron chi connectivity index (χ0n) is 9.00. The maximum atomic E-state index is 10.7. The SMILES string of the molecule is CC(=O)OC(C)Cc1ccc[c]([Zn+])c1.[Cl-]. The van der Waals surface area contributed by atoms with Crippen LogP contribution < -0.4 is 16.6 Å². The molecule has 0 heterocycles. The number of hydrogen-bond donors (Lipinski definition) is 0. The molecule has 0 spiro atoms. The monoisotopic (exact) mass is 276 g/mol. The van der Waals surface area contributed by atoms with Gasteiger partial charge in [-0.05, 0) is 0 Å². The van der Waals surface area contributed by atoms with Crippen LogP contribution in [0.15, 0.2) is 24.3 Å². The first-order valence-electron chi connectivity index (χ1n) is 4.66. The Balaban J connectivity index is 0.00000196. The van der Waals surface area contributed by atoms with Crippen LogP contribution in [0.1, 0.15) is 19.4 Å². The third kappa shape index (κ3) is 5.91. The van der Waals surface area contributed by atoms with E-state index in [1.807, 2.05) is 6.92 Å². The number of hydrogen-bond acceptors (Lipinski definition) is 2. The van der Waals surface area contributed by atoms with E-state index in [2.05, 4.69) is 24.3 Å². The summed E-state index contributed by atoms with van der Waals surface area (Å²) in [6.07, 6.45) is 0.766. The topological polar surface area (TPSA) is 26.3 Å². The summed E-state index contributed by atoms with van der Waals surface area (Å²) in [6, 6.07) is 8.40. The molecule has 0 aliphatic rings. The molecule has 0 N–H and O–H groups in total. The van der Waals surface area contributed by atoms with E-state index in [4.69, 9.17) is 4.74 Å². The van der Waals surface area contributed by atoms with Gasteiger partial charge in [0, 0.05) is 0 Å². The van der Waals surface area contributed by atoms with E-state index in [1.165, 1.54) is 16.6 Å². The molecule has 0 bridgehead atoms. The predicted molar refractivity (Wildman–Crippen MR) is 51.0 cm³/mol. The molecule has 78 valence electrons. The van der Waals surface area contributed by atoms with E-state index in [0.29, 0.717) is 0 Å². The van der Waals surface area contributed by atoms with Crippen molar-refractivity contribution in [3.8, 4) is 0 Å². The zero-order valence-corrected chi connectivity index (χ0v) is 12.7. The van der Waals surface area contributed by atoms with E-state index >= 15 is 0 Å². The van der Waals surface area contributed by atoms with Crippen LogP contribution in [0.2, 0.25) is 0 Å². The molecule has 1 atom stereocenters.